The zero-order chi connectivity index (χ0) is 21.0. The van der Waals surface area contributed by atoms with Gasteiger partial charge in [0.1, 0.15) is 6.61 Å². The number of nitrogens with one attached hydrogen (secondary N) is 3. The highest BCUT2D eigenvalue weighted by Crippen LogP contribution is 2.27. The van der Waals surface area contributed by atoms with E-state index in [0.29, 0.717) is 16.1 Å². The van der Waals surface area contributed by atoms with Crippen LogP contribution in [0.4, 0.5) is 33.7 Å². The van der Waals surface area contributed by atoms with Crippen molar-refractivity contribution in [2.24, 2.45) is 0 Å². The summed E-state index contributed by atoms with van der Waals surface area (Å²) in [5, 5.41) is 6.26. The van der Waals surface area contributed by atoms with Crippen molar-refractivity contribution in [3.8, 4) is 5.75 Å². The second-order valence-corrected chi connectivity index (χ2v) is 6.20. The number of ether oxygens (including phenoxy) is 2. The maximum atomic E-state index is 14.0. The van der Waals surface area contributed by atoms with E-state index in [1.54, 1.807) is 24.4 Å². The largest absolute Gasteiger partial charge is 0.522 e. The molecule has 3 rings (SSSR count). The molecule has 1 aromatic heterocycles. The molecular formula is C18H14ClF4N3O3. The Morgan fingerprint density at radius 2 is 1.90 bits per heavy atom. The number of fused-ring (bicyclic) bond motifs is 1. The molecule has 6 nitrogen and oxygen atoms in total. The molecule has 0 aliphatic rings. The van der Waals surface area contributed by atoms with Gasteiger partial charge in [-0.1, -0.05) is 11.6 Å². The number of aromatic nitrogens is 1. The Hall–Kier alpha value is -2.98. The van der Waals surface area contributed by atoms with Gasteiger partial charge in [-0.25, -0.2) is 9.18 Å². The van der Waals surface area contributed by atoms with Crippen LogP contribution in [-0.4, -0.2) is 30.6 Å². The van der Waals surface area contributed by atoms with Crippen molar-refractivity contribution >= 4 is 39.9 Å². The van der Waals surface area contributed by atoms with Crippen LogP contribution in [-0.2, 0) is 4.74 Å². The lowest BCUT2D eigenvalue weighted by molar-refractivity contribution is -0.325. The van der Waals surface area contributed by atoms with Crippen LogP contribution in [0.2, 0.25) is 5.02 Å². The van der Waals surface area contributed by atoms with Crippen LogP contribution in [0.5, 0.6) is 5.75 Å². The molecule has 154 valence electrons. The van der Waals surface area contributed by atoms with E-state index in [4.69, 9.17) is 16.3 Å². The molecule has 0 fully saturated rings. The summed E-state index contributed by atoms with van der Waals surface area (Å²) in [4.78, 5) is 15.1. The van der Waals surface area contributed by atoms with Gasteiger partial charge in [-0.15, -0.1) is 13.2 Å². The summed E-state index contributed by atoms with van der Waals surface area (Å²) in [5.41, 5.74) is 1.37. The summed E-state index contributed by atoms with van der Waals surface area (Å²) < 4.78 is 58.0. The Balaban J connectivity index is 1.57. The molecule has 0 bridgehead atoms. The molecule has 11 heteroatoms. The van der Waals surface area contributed by atoms with E-state index in [1.807, 2.05) is 0 Å². The second-order valence-electron chi connectivity index (χ2n) is 5.76. The monoisotopic (exact) mass is 431 g/mol. The van der Waals surface area contributed by atoms with Crippen LogP contribution < -0.4 is 15.4 Å². The summed E-state index contributed by atoms with van der Waals surface area (Å²) in [6.07, 6.45) is -3.19. The van der Waals surface area contributed by atoms with Crippen molar-refractivity contribution in [3.63, 3.8) is 0 Å². The molecule has 3 N–H and O–H groups in total. The first-order valence-electron chi connectivity index (χ1n) is 8.19. The molecule has 0 radical (unpaired) electrons. The van der Waals surface area contributed by atoms with E-state index in [9.17, 15) is 22.4 Å². The number of hydrogen-bond donors (Lipinski definition) is 3. The van der Waals surface area contributed by atoms with E-state index < -0.39 is 31.4 Å². The predicted molar refractivity (Wildman–Crippen MR) is 99.9 cm³/mol. The number of aromatic amines is 1. The van der Waals surface area contributed by atoms with Crippen molar-refractivity contribution < 1.29 is 31.8 Å². The van der Waals surface area contributed by atoms with Crippen molar-refractivity contribution in [2.75, 3.05) is 23.8 Å². The maximum absolute atomic E-state index is 14.0. The number of carbonyl (C=O) groups is 1. The first-order chi connectivity index (χ1) is 13.7. The van der Waals surface area contributed by atoms with E-state index in [-0.39, 0.29) is 11.4 Å². The fraction of sp³-hybridized carbons (Fsp3) is 0.167. The Morgan fingerprint density at radius 1 is 1.10 bits per heavy atom. The van der Waals surface area contributed by atoms with Gasteiger partial charge in [0, 0.05) is 33.9 Å². The molecule has 2 amide bonds. The number of halogens is 5. The average Bonchev–Trinajstić information content (AvgIpc) is 3.01. The molecule has 0 aliphatic carbocycles. The zero-order valence-electron chi connectivity index (χ0n) is 14.6. The molecule has 1 heterocycles. The minimum absolute atomic E-state index is 0.122. The topological polar surface area (TPSA) is 75.4 Å². The SMILES string of the molecule is O=C(Nc1ccc(OCCOC(F)(F)F)c(F)c1)Nc1c[nH]c2ccc(Cl)cc12. The smallest absolute Gasteiger partial charge is 0.488 e. The van der Waals surface area contributed by atoms with E-state index in [0.717, 1.165) is 11.6 Å². The van der Waals surface area contributed by atoms with Gasteiger partial charge < -0.3 is 20.4 Å². The van der Waals surface area contributed by atoms with Gasteiger partial charge in [0.05, 0.1) is 12.3 Å². The number of rotatable bonds is 6. The van der Waals surface area contributed by atoms with Crippen LogP contribution in [0.25, 0.3) is 10.9 Å². The number of amides is 2. The second kappa shape index (κ2) is 8.58. The summed E-state index contributed by atoms with van der Waals surface area (Å²) in [6.45, 7) is -1.27. The number of benzene rings is 2. The lowest BCUT2D eigenvalue weighted by Crippen LogP contribution is -2.19. The highest BCUT2D eigenvalue weighted by atomic mass is 35.5. The lowest BCUT2D eigenvalue weighted by atomic mass is 10.2. The van der Waals surface area contributed by atoms with E-state index in [1.165, 1.54) is 12.1 Å². The van der Waals surface area contributed by atoms with Gasteiger partial charge in [-0.2, -0.15) is 0 Å². The van der Waals surface area contributed by atoms with Crippen LogP contribution in [0.1, 0.15) is 0 Å². The summed E-state index contributed by atoms with van der Waals surface area (Å²) in [7, 11) is 0. The molecule has 0 atom stereocenters. The molecule has 2 aromatic carbocycles. The Bertz CT molecular complexity index is 1020. The van der Waals surface area contributed by atoms with Gasteiger partial charge in [0.2, 0.25) is 0 Å². The third-order valence-electron chi connectivity index (χ3n) is 3.69. The summed E-state index contributed by atoms with van der Waals surface area (Å²) >= 11 is 5.95. The highest BCUT2D eigenvalue weighted by molar-refractivity contribution is 6.31. The molecule has 0 saturated carbocycles. The van der Waals surface area contributed by atoms with E-state index in [2.05, 4.69) is 20.4 Å². The standard InChI is InChI=1S/C18H14ClF4N3O3/c19-10-1-3-14-12(7-10)15(9-24-14)26-17(27)25-11-2-4-16(13(20)8-11)28-5-6-29-18(21,22)23/h1-4,7-9,24H,5-6H2,(H2,25,26,27). The lowest BCUT2D eigenvalue weighted by Gasteiger charge is -2.11. The Morgan fingerprint density at radius 3 is 2.62 bits per heavy atom. The third kappa shape index (κ3) is 5.75. The van der Waals surface area contributed by atoms with E-state index >= 15 is 0 Å². The minimum atomic E-state index is -4.78. The number of urea groups is 1. The van der Waals surface area contributed by atoms with Gasteiger partial charge in [-0.05, 0) is 30.3 Å². The molecule has 0 aliphatic heterocycles. The van der Waals surface area contributed by atoms with Crippen LogP contribution in [0, 0.1) is 5.82 Å². The van der Waals surface area contributed by atoms with Crippen LogP contribution in [0.3, 0.4) is 0 Å². The molecule has 0 saturated heterocycles. The fourth-order valence-corrected chi connectivity index (χ4v) is 2.66. The first kappa shape index (κ1) is 20.7. The van der Waals surface area contributed by atoms with Gasteiger partial charge in [0.15, 0.2) is 11.6 Å². The normalized spacial score (nSPS) is 11.5. The highest BCUT2D eigenvalue weighted by Gasteiger charge is 2.28. The van der Waals surface area contributed by atoms with Crippen LogP contribution >= 0.6 is 11.6 Å². The van der Waals surface area contributed by atoms with Crippen LogP contribution in [0.15, 0.2) is 42.6 Å². The first-order valence-corrected chi connectivity index (χ1v) is 8.57. The van der Waals surface area contributed by atoms with Gasteiger partial charge in [0.25, 0.3) is 0 Å². The Labute approximate surface area is 166 Å². The molecule has 0 spiro atoms. The van der Waals surface area contributed by atoms with Crippen molar-refractivity contribution in [3.05, 3.63) is 53.4 Å². The minimum Gasteiger partial charge on any atom is -0.488 e. The van der Waals surface area contributed by atoms with Crippen molar-refractivity contribution in [1.82, 2.24) is 4.98 Å². The number of hydrogen-bond acceptors (Lipinski definition) is 3. The predicted octanol–water partition coefficient (Wildman–Crippen LogP) is 5.52. The molecule has 3 aromatic rings. The van der Waals surface area contributed by atoms with Gasteiger partial charge >= 0.3 is 12.4 Å². The number of H-pyrrole nitrogens is 1. The summed E-state index contributed by atoms with van der Waals surface area (Å²) in [5.74, 6) is -1.12. The van der Waals surface area contributed by atoms with Gasteiger partial charge in [-0.3, -0.25) is 4.74 Å². The number of carbonyl (C=O) groups excluding carboxylic acids is 1. The maximum Gasteiger partial charge on any atom is 0.522 e. The third-order valence-corrected chi connectivity index (χ3v) is 3.92. The quantitative estimate of drug-likeness (QED) is 0.355. The zero-order valence-corrected chi connectivity index (χ0v) is 15.3. The number of anilines is 2. The fourth-order valence-electron chi connectivity index (χ4n) is 2.49. The molecule has 29 heavy (non-hydrogen) atoms. The van der Waals surface area contributed by atoms with Crippen molar-refractivity contribution in [1.29, 1.82) is 0 Å². The van der Waals surface area contributed by atoms with Crippen molar-refractivity contribution in [2.45, 2.75) is 6.36 Å². The molecule has 0 unspecified atom stereocenters. The molecular weight excluding hydrogens is 418 g/mol. The average molecular weight is 432 g/mol. The number of alkyl halides is 3. The summed E-state index contributed by atoms with van der Waals surface area (Å²) in [6, 6.07) is 8.01. The Kier molecular flexibility index (Phi) is 6.14.